The number of hydrogen-bond donors (Lipinski definition) is 5. The Hall–Kier alpha value is -6.79. The van der Waals surface area contributed by atoms with Crippen LogP contribution in [0, 0.1) is 5.92 Å². The van der Waals surface area contributed by atoms with Gasteiger partial charge in [-0.2, -0.15) is 0 Å². The van der Waals surface area contributed by atoms with Crippen molar-refractivity contribution in [1.82, 2.24) is 10.3 Å². The van der Waals surface area contributed by atoms with Crippen LogP contribution in [0.25, 0.3) is 39.5 Å². The highest BCUT2D eigenvalue weighted by atomic mass is 16.5. The summed E-state index contributed by atoms with van der Waals surface area (Å²) >= 11 is 0. The van der Waals surface area contributed by atoms with Gasteiger partial charge in [0.25, 0.3) is 0 Å². The molecule has 67 heavy (non-hydrogen) atoms. The van der Waals surface area contributed by atoms with Gasteiger partial charge in [0.1, 0.15) is 28.3 Å². The maximum atomic E-state index is 14.6. The minimum absolute atomic E-state index is 0.0430. The van der Waals surface area contributed by atoms with E-state index in [2.05, 4.69) is 76.7 Å². The number of aliphatic hydroxyl groups excluding tert-OH is 2. The molecule has 11 heteroatoms. The molecule has 0 spiro atoms. The minimum Gasteiger partial charge on any atom is -0.508 e. The van der Waals surface area contributed by atoms with Crippen molar-refractivity contribution in [1.29, 1.82) is 0 Å². The van der Waals surface area contributed by atoms with Crippen LogP contribution in [0.1, 0.15) is 46.9 Å². The van der Waals surface area contributed by atoms with E-state index in [0.717, 1.165) is 66.1 Å². The van der Waals surface area contributed by atoms with E-state index >= 15 is 0 Å². The molecule has 3 aliphatic heterocycles. The zero-order valence-corrected chi connectivity index (χ0v) is 38.2. The fourth-order valence-electron chi connectivity index (χ4n) is 9.34. The van der Waals surface area contributed by atoms with Crippen LogP contribution >= 0.6 is 0 Å². The second kappa shape index (κ2) is 20.8. The second-order valence-corrected chi connectivity index (χ2v) is 17.6. The van der Waals surface area contributed by atoms with Crippen molar-refractivity contribution in [3.05, 3.63) is 165 Å². The monoisotopic (exact) mass is 901 g/mol. The van der Waals surface area contributed by atoms with E-state index in [1.165, 1.54) is 24.4 Å². The van der Waals surface area contributed by atoms with E-state index in [4.69, 9.17) is 18.6 Å². The molecule has 10 rings (SSSR count). The number of piperazine rings is 1. The summed E-state index contributed by atoms with van der Waals surface area (Å²) < 4.78 is 26.3. The zero-order valence-electron chi connectivity index (χ0n) is 38.2. The van der Waals surface area contributed by atoms with Crippen LogP contribution in [0.15, 0.2) is 131 Å². The van der Waals surface area contributed by atoms with Crippen molar-refractivity contribution in [3.63, 3.8) is 0 Å². The normalized spacial score (nSPS) is 17.0. The smallest absolute Gasteiger partial charge is 0.204 e. The number of phenols is 1. The molecule has 2 aromatic heterocycles. The average Bonchev–Trinajstić information content (AvgIpc) is 3.80. The molecule has 0 aliphatic carbocycles. The number of aliphatic hydroxyl groups is 2. The van der Waals surface area contributed by atoms with Crippen LogP contribution in [-0.4, -0.2) is 79.0 Å². The van der Waals surface area contributed by atoms with Crippen LogP contribution in [0.3, 0.4) is 0 Å². The molecule has 5 aromatic carbocycles. The number of H-pyrrole nitrogens is 1. The molecular formula is C56H59N3O8. The number of hydrogen-bond acceptors (Lipinski definition) is 10. The number of methoxy groups -OCH3 is 1. The van der Waals surface area contributed by atoms with Gasteiger partial charge in [0.15, 0.2) is 16.9 Å². The quantitative estimate of drug-likeness (QED) is 0.0901. The lowest BCUT2D eigenvalue weighted by Gasteiger charge is -2.38. The molecule has 346 valence electrons. The second-order valence-electron chi connectivity index (χ2n) is 17.6. The van der Waals surface area contributed by atoms with Crippen LogP contribution in [-0.2, 0) is 32.1 Å². The maximum absolute atomic E-state index is 14.6. The number of phenolic OH excluding ortho intramolecular Hbond substituents is 1. The number of aryl methyl sites for hydroxylation is 3. The van der Waals surface area contributed by atoms with Crippen molar-refractivity contribution < 1.29 is 33.9 Å². The van der Waals surface area contributed by atoms with Gasteiger partial charge in [-0.15, -0.1) is 0 Å². The molecule has 4 bridgehead atoms. The lowest BCUT2D eigenvalue weighted by molar-refractivity contribution is 0.156. The molecule has 0 amide bonds. The average molecular weight is 902 g/mol. The number of rotatable bonds is 10. The van der Waals surface area contributed by atoms with Crippen LogP contribution < -0.4 is 29.9 Å². The highest BCUT2D eigenvalue weighted by Crippen LogP contribution is 2.48. The molecule has 5 heterocycles. The predicted molar refractivity (Wildman–Crippen MR) is 265 cm³/mol. The minimum atomic E-state index is -0.830. The Morgan fingerprint density at radius 1 is 0.881 bits per heavy atom. The van der Waals surface area contributed by atoms with Crippen molar-refractivity contribution in [2.45, 2.75) is 57.6 Å². The van der Waals surface area contributed by atoms with Gasteiger partial charge in [0.05, 0.1) is 26.4 Å². The van der Waals surface area contributed by atoms with Gasteiger partial charge in [-0.3, -0.25) is 4.79 Å². The highest BCUT2D eigenvalue weighted by Gasteiger charge is 2.30. The molecule has 1 fully saturated rings. The van der Waals surface area contributed by atoms with E-state index < -0.39 is 6.10 Å². The van der Waals surface area contributed by atoms with Crippen molar-refractivity contribution in [2.24, 2.45) is 5.92 Å². The van der Waals surface area contributed by atoms with Gasteiger partial charge in [0.2, 0.25) is 5.75 Å². The number of nitrogens with zero attached hydrogens (tertiary/aromatic N) is 1. The first kappa shape index (κ1) is 45.4. The molecule has 5 N–H and O–H groups in total. The van der Waals surface area contributed by atoms with Crippen LogP contribution in [0.2, 0.25) is 0 Å². The Bertz CT molecular complexity index is 2870. The van der Waals surface area contributed by atoms with Gasteiger partial charge < -0.3 is 49.1 Å². The first-order valence-electron chi connectivity index (χ1n) is 23.4. The maximum Gasteiger partial charge on any atom is 0.204 e. The molecule has 0 radical (unpaired) electrons. The Kier molecular flexibility index (Phi) is 14.1. The Morgan fingerprint density at radius 3 is 2.43 bits per heavy atom. The SMILES string of the molecule is CCc1cc2c([nH]1)N1CCNCC1Cc1ccc(cc1)CC(CO)COc1c(OC)c(OCCC(O)C=Cc3ccccc3)c3c(=O)cc(-c4ccc(O)cc4)oc3c1CCc1cccc-2c1. The summed E-state index contributed by atoms with van der Waals surface area (Å²) in [5, 5.41) is 35.8. The van der Waals surface area contributed by atoms with Crippen molar-refractivity contribution in [2.75, 3.05) is 51.5 Å². The molecule has 7 aromatic rings. The summed E-state index contributed by atoms with van der Waals surface area (Å²) in [5.41, 5.74) is 8.95. The fourth-order valence-corrected chi connectivity index (χ4v) is 9.34. The molecule has 3 unspecified atom stereocenters. The Morgan fingerprint density at radius 2 is 1.67 bits per heavy atom. The molecule has 3 aliphatic rings. The van der Waals surface area contributed by atoms with Crippen molar-refractivity contribution >= 4 is 22.9 Å². The summed E-state index contributed by atoms with van der Waals surface area (Å²) in [6.45, 7) is 4.86. The fraction of sp³-hybridized carbons (Fsp3) is 0.304. The van der Waals surface area contributed by atoms with E-state index in [1.54, 1.807) is 30.3 Å². The topological polar surface area (TPSA) is 150 Å². The first-order chi connectivity index (χ1) is 32.8. The van der Waals surface area contributed by atoms with Crippen LogP contribution in [0.5, 0.6) is 23.0 Å². The number of anilines is 1. The van der Waals surface area contributed by atoms with Crippen LogP contribution in [0.4, 0.5) is 5.82 Å². The van der Waals surface area contributed by atoms with Gasteiger partial charge in [-0.1, -0.05) is 97.9 Å². The first-order valence-corrected chi connectivity index (χ1v) is 23.4. The number of aromatic nitrogens is 1. The number of aromatic hydroxyl groups is 1. The van der Waals surface area contributed by atoms with Gasteiger partial charge >= 0.3 is 0 Å². The predicted octanol–water partition coefficient (Wildman–Crippen LogP) is 8.92. The molecule has 0 saturated carbocycles. The van der Waals surface area contributed by atoms with E-state index in [-0.39, 0.29) is 71.8 Å². The Balaban J connectivity index is 1.17. The third-order valence-corrected chi connectivity index (χ3v) is 13.0. The lowest BCUT2D eigenvalue weighted by atomic mass is 9.95. The number of fused-ring (bicyclic) bond motifs is 7. The summed E-state index contributed by atoms with van der Waals surface area (Å²) in [4.78, 5) is 20.9. The van der Waals surface area contributed by atoms with Gasteiger partial charge in [-0.05, 0) is 90.3 Å². The molecule has 11 nitrogen and oxygen atoms in total. The van der Waals surface area contributed by atoms with Gasteiger partial charge in [0, 0.05) is 73.1 Å². The molecular weight excluding hydrogens is 843 g/mol. The third kappa shape index (κ3) is 10.3. The standard InChI is InChI=1S/C56H59N3O8/c1-3-43-31-48-42-11-7-10-37(29-42)17-23-47-52-51(49(63)32-50(67-52)41-18-21-45(61)22-19-41)54(65-27-24-46(62)20-16-36-8-5-4-6-9-36)55(64-2)53(47)66-35-40(34-60)28-38-12-14-39(15-13-38)30-44-33-57-25-26-59(44)56(48)58-43/h4-16,18-22,29,31-32,40,44,46,57-58,60-62H,3,17,23-28,30,33-35H2,1-2H3. The summed E-state index contributed by atoms with van der Waals surface area (Å²) in [6.07, 6.45) is 6.24. The summed E-state index contributed by atoms with van der Waals surface area (Å²) in [7, 11) is 1.52. The van der Waals surface area contributed by atoms with E-state index in [9.17, 15) is 20.1 Å². The van der Waals surface area contributed by atoms with Crippen molar-refractivity contribution in [3.8, 4) is 45.4 Å². The zero-order chi connectivity index (χ0) is 46.3. The van der Waals surface area contributed by atoms with E-state index in [1.807, 2.05) is 36.4 Å². The molecule has 3 atom stereocenters. The number of nitrogens with one attached hydrogen (secondary N) is 2. The number of aromatic amines is 1. The van der Waals surface area contributed by atoms with Gasteiger partial charge in [-0.25, -0.2) is 0 Å². The number of ether oxygens (including phenoxy) is 3. The lowest BCUT2D eigenvalue weighted by Crippen LogP contribution is -2.52. The molecule has 1 saturated heterocycles. The summed E-state index contributed by atoms with van der Waals surface area (Å²) in [5.74, 6) is 1.96. The largest absolute Gasteiger partial charge is 0.508 e. The summed E-state index contributed by atoms with van der Waals surface area (Å²) in [6, 6.07) is 37.5. The Labute approximate surface area is 391 Å². The van der Waals surface area contributed by atoms with E-state index in [0.29, 0.717) is 41.9 Å². The number of benzene rings is 5. The highest BCUT2D eigenvalue weighted by molar-refractivity contribution is 5.93. The third-order valence-electron chi connectivity index (χ3n) is 13.0.